The molecule has 0 aliphatic carbocycles. The van der Waals surface area contributed by atoms with Gasteiger partial charge in [-0.15, -0.1) is 5.10 Å². The Morgan fingerprint density at radius 3 is 2.64 bits per heavy atom. The minimum atomic E-state index is -3.77. The highest BCUT2D eigenvalue weighted by molar-refractivity contribution is 7.89. The van der Waals surface area contributed by atoms with Gasteiger partial charge in [-0.3, -0.25) is 9.69 Å². The molecule has 1 aromatic carbocycles. The van der Waals surface area contributed by atoms with Gasteiger partial charge in [-0.25, -0.2) is 13.6 Å². The average molecular weight is 322 g/mol. The summed E-state index contributed by atoms with van der Waals surface area (Å²) in [4.78, 5) is 13.0. The van der Waals surface area contributed by atoms with Crippen LogP contribution in [0.5, 0.6) is 0 Å². The van der Waals surface area contributed by atoms with Crippen molar-refractivity contribution in [3.8, 4) is 0 Å². The van der Waals surface area contributed by atoms with Gasteiger partial charge in [0.05, 0.1) is 6.42 Å². The van der Waals surface area contributed by atoms with E-state index in [4.69, 9.17) is 9.56 Å². The van der Waals surface area contributed by atoms with Crippen molar-refractivity contribution in [1.29, 1.82) is 0 Å². The lowest BCUT2D eigenvalue weighted by molar-refractivity contribution is -0.117. The Labute approximate surface area is 127 Å². The van der Waals surface area contributed by atoms with E-state index in [2.05, 4.69) is 10.2 Å². The highest BCUT2D eigenvalue weighted by Gasteiger charge is 2.39. The Kier molecular flexibility index (Phi) is 3.67. The first kappa shape index (κ1) is 14.7. The third-order valence-corrected chi connectivity index (χ3v) is 4.68. The number of nitrogens with zero attached hydrogens (tertiary/aromatic N) is 3. The van der Waals surface area contributed by atoms with E-state index < -0.39 is 21.2 Å². The molecule has 9 heteroatoms. The van der Waals surface area contributed by atoms with Crippen LogP contribution in [-0.2, 0) is 21.2 Å². The SMILES string of the molecule is NS(=O)(=O)C1CC(=O)N(c2nnc(Cc3ccccc3)o2)C1. The number of hydrogen-bond donors (Lipinski definition) is 1. The van der Waals surface area contributed by atoms with Crippen LogP contribution < -0.4 is 10.0 Å². The zero-order valence-corrected chi connectivity index (χ0v) is 12.4. The Morgan fingerprint density at radius 2 is 2.00 bits per heavy atom. The molecular weight excluding hydrogens is 308 g/mol. The van der Waals surface area contributed by atoms with Crippen molar-refractivity contribution >= 4 is 21.9 Å². The zero-order valence-electron chi connectivity index (χ0n) is 11.5. The van der Waals surface area contributed by atoms with Crippen LogP contribution in [0.2, 0.25) is 0 Å². The van der Waals surface area contributed by atoms with Gasteiger partial charge < -0.3 is 4.42 Å². The van der Waals surface area contributed by atoms with E-state index in [9.17, 15) is 13.2 Å². The topological polar surface area (TPSA) is 119 Å². The predicted molar refractivity (Wildman–Crippen MR) is 77.4 cm³/mol. The highest BCUT2D eigenvalue weighted by Crippen LogP contribution is 2.23. The Balaban J connectivity index is 1.75. The van der Waals surface area contributed by atoms with Gasteiger partial charge in [-0.2, -0.15) is 0 Å². The third-order valence-electron chi connectivity index (χ3n) is 3.44. The molecule has 116 valence electrons. The van der Waals surface area contributed by atoms with Crippen molar-refractivity contribution in [2.24, 2.45) is 5.14 Å². The number of carbonyl (C=O) groups excluding carboxylic acids is 1. The number of aromatic nitrogens is 2. The lowest BCUT2D eigenvalue weighted by atomic mass is 10.2. The molecule has 1 amide bonds. The summed E-state index contributed by atoms with van der Waals surface area (Å²) in [7, 11) is -3.77. The molecule has 3 rings (SSSR count). The van der Waals surface area contributed by atoms with Crippen LogP contribution in [0.15, 0.2) is 34.7 Å². The average Bonchev–Trinajstić information content (AvgIpc) is 3.06. The number of hydrogen-bond acceptors (Lipinski definition) is 6. The van der Waals surface area contributed by atoms with Gasteiger partial charge >= 0.3 is 6.01 Å². The van der Waals surface area contributed by atoms with E-state index in [1.54, 1.807) is 0 Å². The second-order valence-corrected chi connectivity index (χ2v) is 6.90. The van der Waals surface area contributed by atoms with Crippen molar-refractivity contribution in [3.63, 3.8) is 0 Å². The summed E-state index contributed by atoms with van der Waals surface area (Å²) in [6, 6.07) is 9.53. The largest absolute Gasteiger partial charge is 0.407 e. The molecule has 1 aliphatic heterocycles. The molecule has 2 heterocycles. The predicted octanol–water partition coefficient (Wildman–Crippen LogP) is 0.0542. The standard InChI is InChI=1S/C13H14N4O4S/c14-22(19,20)10-7-12(18)17(8-10)13-16-15-11(21-13)6-9-4-2-1-3-5-9/h1-5,10H,6-8H2,(H2,14,19,20). The van der Waals surface area contributed by atoms with Crippen molar-refractivity contribution in [3.05, 3.63) is 41.8 Å². The first-order valence-electron chi connectivity index (χ1n) is 6.62. The smallest absolute Gasteiger partial charge is 0.325 e. The molecule has 22 heavy (non-hydrogen) atoms. The molecule has 0 spiro atoms. The fraction of sp³-hybridized carbons (Fsp3) is 0.308. The Bertz CT molecular complexity index is 787. The number of primary sulfonamides is 1. The van der Waals surface area contributed by atoms with Crippen molar-refractivity contribution in [2.75, 3.05) is 11.4 Å². The summed E-state index contributed by atoms with van der Waals surface area (Å²) in [6.07, 6.45) is 0.268. The Hall–Kier alpha value is -2.26. The van der Waals surface area contributed by atoms with E-state index in [0.717, 1.165) is 10.5 Å². The van der Waals surface area contributed by atoms with Crippen molar-refractivity contribution < 1.29 is 17.6 Å². The van der Waals surface area contributed by atoms with Crippen LogP contribution in [0.4, 0.5) is 6.01 Å². The maximum Gasteiger partial charge on any atom is 0.325 e. The number of rotatable bonds is 4. The summed E-state index contributed by atoms with van der Waals surface area (Å²) in [5, 5.41) is 11.8. The lowest BCUT2D eigenvalue weighted by Gasteiger charge is -2.09. The monoisotopic (exact) mass is 322 g/mol. The zero-order chi connectivity index (χ0) is 15.7. The number of benzene rings is 1. The summed E-state index contributed by atoms with van der Waals surface area (Å²) in [6.45, 7) is -0.0648. The molecule has 2 N–H and O–H groups in total. The summed E-state index contributed by atoms with van der Waals surface area (Å²) < 4.78 is 28.1. The molecule has 0 saturated carbocycles. The van der Waals surface area contributed by atoms with Gasteiger partial charge in [0.1, 0.15) is 5.25 Å². The first-order valence-corrected chi connectivity index (χ1v) is 8.23. The Morgan fingerprint density at radius 1 is 1.27 bits per heavy atom. The number of amides is 1. The molecule has 1 aliphatic rings. The molecule has 0 radical (unpaired) electrons. The molecule has 1 aromatic heterocycles. The second kappa shape index (κ2) is 5.50. The van der Waals surface area contributed by atoms with Crippen LogP contribution in [0.25, 0.3) is 0 Å². The normalized spacial score (nSPS) is 18.9. The van der Waals surface area contributed by atoms with E-state index in [0.29, 0.717) is 12.3 Å². The molecule has 1 unspecified atom stereocenters. The minimum Gasteiger partial charge on any atom is -0.407 e. The lowest BCUT2D eigenvalue weighted by Crippen LogP contribution is -2.32. The van der Waals surface area contributed by atoms with Gasteiger partial charge in [-0.05, 0) is 5.56 Å². The summed E-state index contributed by atoms with van der Waals surface area (Å²) in [5.41, 5.74) is 0.993. The van der Waals surface area contributed by atoms with Gasteiger partial charge in [0.15, 0.2) is 0 Å². The maximum atomic E-state index is 11.9. The molecule has 2 aromatic rings. The highest BCUT2D eigenvalue weighted by atomic mass is 32.2. The third kappa shape index (κ3) is 3.00. The van der Waals surface area contributed by atoms with E-state index in [1.165, 1.54) is 0 Å². The van der Waals surface area contributed by atoms with E-state index in [1.807, 2.05) is 30.3 Å². The van der Waals surface area contributed by atoms with Crippen LogP contribution >= 0.6 is 0 Å². The molecule has 0 bridgehead atoms. The van der Waals surface area contributed by atoms with Crippen molar-refractivity contribution in [1.82, 2.24) is 10.2 Å². The molecule has 8 nitrogen and oxygen atoms in total. The van der Waals surface area contributed by atoms with Crippen LogP contribution in [0.1, 0.15) is 17.9 Å². The summed E-state index contributed by atoms with van der Waals surface area (Å²) >= 11 is 0. The van der Waals surface area contributed by atoms with Crippen molar-refractivity contribution in [2.45, 2.75) is 18.1 Å². The molecular formula is C13H14N4O4S. The van der Waals surface area contributed by atoms with Gasteiger partial charge in [0.2, 0.25) is 21.8 Å². The number of nitrogens with two attached hydrogens (primary N) is 1. The fourth-order valence-electron chi connectivity index (χ4n) is 2.28. The van der Waals surface area contributed by atoms with Crippen LogP contribution in [0, 0.1) is 0 Å². The van der Waals surface area contributed by atoms with Gasteiger partial charge in [0.25, 0.3) is 0 Å². The number of anilines is 1. The summed E-state index contributed by atoms with van der Waals surface area (Å²) in [5.74, 6) is -0.0398. The second-order valence-electron chi connectivity index (χ2n) is 5.06. The van der Waals surface area contributed by atoms with Crippen LogP contribution in [0.3, 0.4) is 0 Å². The van der Waals surface area contributed by atoms with Crippen LogP contribution in [-0.4, -0.2) is 36.3 Å². The fourth-order valence-corrected chi connectivity index (χ4v) is 3.01. The van der Waals surface area contributed by atoms with E-state index in [-0.39, 0.29) is 19.0 Å². The number of sulfonamides is 1. The molecule has 1 atom stereocenters. The number of carbonyl (C=O) groups is 1. The molecule has 1 fully saturated rings. The minimum absolute atomic E-state index is 0.00193. The maximum absolute atomic E-state index is 11.9. The quantitative estimate of drug-likeness (QED) is 0.849. The molecule has 1 saturated heterocycles. The van der Waals surface area contributed by atoms with Gasteiger partial charge in [-0.1, -0.05) is 35.4 Å². The van der Waals surface area contributed by atoms with Gasteiger partial charge in [0, 0.05) is 13.0 Å². The van der Waals surface area contributed by atoms with E-state index >= 15 is 0 Å². The first-order chi connectivity index (χ1) is 10.4.